The molecule has 0 spiro atoms. The summed E-state index contributed by atoms with van der Waals surface area (Å²) < 4.78 is 108. The molecular weight excluding hydrogens is 1900 g/mol. The smallest absolute Gasteiger partial charge is 0.387 e. The molecule has 5 atom stereocenters. The Balaban J connectivity index is 0.000000139. The maximum absolute atomic E-state index is 12.9. The fraction of sp³-hybridized carbons (Fsp3) is 0.430. The first-order valence-corrected chi connectivity index (χ1v) is 51.5. The second kappa shape index (κ2) is 53.1. The predicted molar refractivity (Wildman–Crippen MR) is 567 cm³/mol. The van der Waals surface area contributed by atoms with Gasteiger partial charge in [-0.25, -0.2) is 32.8 Å². The number of alkyl halides is 4. The summed E-state index contributed by atoms with van der Waals surface area (Å²) in [7, 11) is 6.49. The summed E-state index contributed by atoms with van der Waals surface area (Å²) in [5, 5.41) is 0. The highest BCUT2D eigenvalue weighted by Crippen LogP contribution is 2.44. The summed E-state index contributed by atoms with van der Waals surface area (Å²) in [6.07, 6.45) is 16.6. The van der Waals surface area contributed by atoms with Gasteiger partial charge in [-0.3, -0.25) is 0 Å². The van der Waals surface area contributed by atoms with Gasteiger partial charge >= 0.3 is 36.8 Å². The van der Waals surface area contributed by atoms with E-state index in [0.717, 1.165) is 190 Å². The van der Waals surface area contributed by atoms with Gasteiger partial charge in [0.2, 0.25) is 0 Å². The molecule has 0 bridgehead atoms. The standard InChI is InChI=1S/C24H31N3O3.C23H27F2N3O3.C23H29N3O3.C22H27F2N3O3.C22H27N3O3/c1-29-22-12-11-19(16-23(22)30-21-9-5-6-10-21)26-13-14-27(24(25)28)20(17-26)15-18-7-3-2-4-8-18;24-22(25)31-20-10-9-17(14-21(20)30-19-7-4-8-19)27-11-12-28(23(26)29)18(15-27)13-16-5-2-1-3-6-16;1-28-21-11-10-18(15-22(21)29-20-8-5-9-20)25-12-13-26(23(24)27)19(16-25)14-17-6-3-2-4-7-17;1-29-20-8-7-17(12-21(20)30-19(13-23)14-24)26-9-10-27(22(25)28)18(15-26)11-16-5-3-2-4-6-16;1-27-20-10-7-17(14-21(20)28-19-8-9-19)24-11-12-25(22(23)26)18(15-24)13-16-5-3-2-4-6-16/h2-4,7-8,11-12,16,20-21H,5-6,9-10,13-15,17H2,1H3,(H2,25,28);1-3,5-6,9-10,14,18-19,22H,4,7-8,11-13,15H2,(H2,26,29);2-4,6-7,10-11,15,19-20H,5,8-9,12-14,16H2,1H3,(H2,24,27);2-8,12,18-19H,9-11,13-15H2,1H3,(H2,25,28);2-7,10,14,18-19H,8-9,11-13,15H2,1H3,(H2,23,26). The molecule has 5 unspecified atom stereocenters. The molecule has 4 saturated carbocycles. The first-order valence-electron chi connectivity index (χ1n) is 51.5. The number of piperazine rings is 5. The van der Waals surface area contributed by atoms with Crippen molar-refractivity contribution in [1.82, 2.24) is 24.5 Å². The van der Waals surface area contributed by atoms with Gasteiger partial charge in [-0.05, 0) is 198 Å². The lowest BCUT2D eigenvalue weighted by molar-refractivity contribution is -0.0527. The molecule has 19 rings (SSSR count). The number of carbonyl (C=O) groups is 5. The van der Waals surface area contributed by atoms with Crippen molar-refractivity contribution in [2.75, 3.05) is 164 Å². The maximum Gasteiger partial charge on any atom is 0.387 e. The van der Waals surface area contributed by atoms with Crippen molar-refractivity contribution in [3.63, 3.8) is 0 Å². The van der Waals surface area contributed by atoms with Gasteiger partial charge in [-0.1, -0.05) is 152 Å². The van der Waals surface area contributed by atoms with Gasteiger partial charge in [0, 0.05) is 157 Å². The molecular formula is C114H141F4N15O15. The zero-order valence-electron chi connectivity index (χ0n) is 85.0. The van der Waals surface area contributed by atoms with Crippen molar-refractivity contribution in [2.45, 2.75) is 176 Å². The van der Waals surface area contributed by atoms with Gasteiger partial charge in [0.15, 0.2) is 63.6 Å². The number of carbonyl (C=O) groups excluding carboxylic acids is 5. The SMILES string of the molecule is COc1ccc(N2CCN(C(N)=O)C(Cc3ccccc3)C2)cc1OC(CF)CF.COc1ccc(N2CCN(C(N)=O)C(Cc3ccccc3)C2)cc1OC1CC1.COc1ccc(N2CCN(C(N)=O)C(Cc3ccccc3)C2)cc1OC1CCC1.COc1ccc(N2CCN(C(N)=O)C(Cc3ccccc3)C2)cc1OC1CCCC1.NC(=O)N1CCN(c2ccc(OC(F)F)c(OC3CCC3)c2)CC1Cc1ccccc1. The zero-order chi connectivity index (χ0) is 104. The minimum absolute atomic E-state index is 0.0277. The highest BCUT2D eigenvalue weighted by molar-refractivity contribution is 5.76. The van der Waals surface area contributed by atoms with Crippen LogP contribution < -0.4 is 101 Å². The fourth-order valence-corrected chi connectivity index (χ4v) is 20.2. The number of amides is 10. The van der Waals surface area contributed by atoms with Gasteiger partial charge in [0.05, 0.1) is 83.1 Å². The summed E-state index contributed by atoms with van der Waals surface area (Å²) in [5.74, 6) is 5.74. The zero-order valence-corrected chi connectivity index (χ0v) is 85.0. The van der Waals surface area contributed by atoms with Crippen LogP contribution in [0.1, 0.15) is 105 Å². The third kappa shape index (κ3) is 29.8. The van der Waals surface area contributed by atoms with E-state index in [1.54, 1.807) is 70.1 Å². The van der Waals surface area contributed by atoms with E-state index in [4.69, 9.17) is 71.3 Å². The number of rotatable bonds is 33. The van der Waals surface area contributed by atoms with Crippen molar-refractivity contribution in [3.05, 3.63) is 270 Å². The molecule has 790 valence electrons. The van der Waals surface area contributed by atoms with Crippen LogP contribution in [0.2, 0.25) is 0 Å². The molecule has 148 heavy (non-hydrogen) atoms. The van der Waals surface area contributed by atoms with E-state index >= 15 is 0 Å². The summed E-state index contributed by atoms with van der Waals surface area (Å²) in [4.78, 5) is 79.8. The first kappa shape index (κ1) is 108. The van der Waals surface area contributed by atoms with E-state index in [2.05, 4.69) is 102 Å². The van der Waals surface area contributed by atoms with Gasteiger partial charge in [-0.15, -0.1) is 0 Å². The van der Waals surface area contributed by atoms with Crippen LogP contribution in [0.15, 0.2) is 243 Å². The van der Waals surface area contributed by atoms with Crippen molar-refractivity contribution in [2.24, 2.45) is 28.7 Å². The molecule has 9 fully saturated rings. The summed E-state index contributed by atoms with van der Waals surface area (Å²) in [6.45, 7) is 4.74. The van der Waals surface area contributed by atoms with E-state index in [1.165, 1.54) is 49.1 Å². The van der Waals surface area contributed by atoms with Crippen LogP contribution in [0.25, 0.3) is 0 Å². The lowest BCUT2D eigenvalue weighted by atomic mass is 9.96. The average molecular weight is 2040 g/mol. The number of anilines is 5. The molecule has 10 N–H and O–H groups in total. The maximum atomic E-state index is 12.9. The summed E-state index contributed by atoms with van der Waals surface area (Å²) in [6, 6.07) is 77.2. The highest BCUT2D eigenvalue weighted by Gasteiger charge is 2.39. The largest absolute Gasteiger partial charge is 0.493 e. The lowest BCUT2D eigenvalue weighted by Gasteiger charge is -2.42. The molecule has 0 aromatic heterocycles. The summed E-state index contributed by atoms with van der Waals surface area (Å²) >= 11 is 0. The number of primary amides is 5. The topological polar surface area (TPSA) is 340 Å². The van der Waals surface area contributed by atoms with Gasteiger partial charge in [0.25, 0.3) is 0 Å². The summed E-state index contributed by atoms with van der Waals surface area (Å²) in [5.41, 5.74) is 39.0. The molecule has 5 saturated heterocycles. The second-order valence-corrected chi connectivity index (χ2v) is 38.7. The molecule has 9 aliphatic rings. The molecule has 4 aliphatic carbocycles. The van der Waals surface area contributed by atoms with Crippen LogP contribution in [0.5, 0.6) is 57.5 Å². The Morgan fingerprint density at radius 2 is 0.486 bits per heavy atom. The molecule has 30 nitrogen and oxygen atoms in total. The first-order chi connectivity index (χ1) is 71.9. The number of halogens is 4. The van der Waals surface area contributed by atoms with Crippen molar-refractivity contribution >= 4 is 58.6 Å². The fourth-order valence-electron chi connectivity index (χ4n) is 20.2. The number of ether oxygens (including phenoxy) is 10. The third-order valence-corrected chi connectivity index (χ3v) is 28.7. The van der Waals surface area contributed by atoms with Crippen LogP contribution in [0.4, 0.5) is 70.0 Å². The van der Waals surface area contributed by atoms with Crippen LogP contribution >= 0.6 is 0 Å². The van der Waals surface area contributed by atoms with E-state index in [-0.39, 0.29) is 78.1 Å². The van der Waals surface area contributed by atoms with Gasteiger partial charge in [-0.2, -0.15) is 8.78 Å². The van der Waals surface area contributed by atoms with Gasteiger partial charge < -0.3 is 125 Å². The van der Waals surface area contributed by atoms with Crippen molar-refractivity contribution in [1.29, 1.82) is 0 Å². The number of hydrogen-bond donors (Lipinski definition) is 5. The number of hydrogen-bond acceptors (Lipinski definition) is 20. The predicted octanol–water partition coefficient (Wildman–Crippen LogP) is 17.5. The number of urea groups is 5. The lowest BCUT2D eigenvalue weighted by Crippen LogP contribution is -2.57. The van der Waals surface area contributed by atoms with E-state index in [9.17, 15) is 41.5 Å². The van der Waals surface area contributed by atoms with Crippen LogP contribution in [0.3, 0.4) is 0 Å². The number of nitrogens with two attached hydrogens (primary N) is 5. The Hall–Kier alpha value is -14.7. The molecule has 5 aliphatic heterocycles. The minimum atomic E-state index is -2.91. The molecule has 10 aromatic rings. The Morgan fingerprint density at radius 1 is 0.270 bits per heavy atom. The normalized spacial score (nSPS) is 18.9. The molecule has 10 amide bonds. The van der Waals surface area contributed by atoms with Crippen LogP contribution in [-0.4, -0.2) is 262 Å². The molecule has 5 heterocycles. The van der Waals surface area contributed by atoms with E-state index in [0.29, 0.717) is 89.3 Å². The van der Waals surface area contributed by atoms with E-state index < -0.39 is 38.1 Å². The Morgan fingerprint density at radius 3 is 0.696 bits per heavy atom. The molecule has 34 heteroatoms. The monoisotopic (exact) mass is 2040 g/mol. The average Bonchev–Trinajstić information content (AvgIpc) is 1.12. The Kier molecular flexibility index (Phi) is 38.5. The van der Waals surface area contributed by atoms with Crippen molar-refractivity contribution in [3.8, 4) is 57.5 Å². The number of benzene rings is 10. The Bertz CT molecular complexity index is 5760. The number of methoxy groups -OCH3 is 4. The molecule has 10 aromatic carbocycles. The minimum Gasteiger partial charge on any atom is -0.493 e. The van der Waals surface area contributed by atoms with Crippen molar-refractivity contribution < 1.29 is 88.9 Å². The quantitative estimate of drug-likeness (QED) is 0.0239. The Labute approximate surface area is 865 Å². The van der Waals surface area contributed by atoms with Gasteiger partial charge in [0.1, 0.15) is 13.3 Å². The number of nitrogens with zero attached hydrogens (tertiary/aromatic N) is 10. The highest BCUT2D eigenvalue weighted by atomic mass is 19.3. The molecule has 0 radical (unpaired) electrons. The van der Waals surface area contributed by atoms with Crippen LogP contribution in [-0.2, 0) is 32.1 Å². The van der Waals surface area contributed by atoms with E-state index in [1.807, 2.05) is 140 Å². The second-order valence-electron chi connectivity index (χ2n) is 38.7. The third-order valence-electron chi connectivity index (χ3n) is 28.7. The van der Waals surface area contributed by atoms with Crippen LogP contribution in [0, 0.1) is 0 Å².